The number of imidazole rings is 1. The van der Waals surface area contributed by atoms with E-state index in [2.05, 4.69) is 28.1 Å². The van der Waals surface area contributed by atoms with Crippen LogP contribution in [0.15, 0.2) is 30.6 Å². The van der Waals surface area contributed by atoms with Crippen LogP contribution in [0.3, 0.4) is 0 Å². The maximum Gasteiger partial charge on any atom is 0.490 e. The second-order valence-electron chi connectivity index (χ2n) is 8.20. The van der Waals surface area contributed by atoms with E-state index in [0.29, 0.717) is 0 Å². The number of nitrogen functional groups attached to an aromatic ring is 1. The highest BCUT2D eigenvalue weighted by Gasteiger charge is 2.43. The molecule has 1 saturated heterocycles. The summed E-state index contributed by atoms with van der Waals surface area (Å²) in [5.41, 5.74) is 6.05. The third kappa shape index (κ3) is 7.89. The van der Waals surface area contributed by atoms with Crippen molar-refractivity contribution in [3.63, 3.8) is 0 Å². The molecule has 0 bridgehead atoms. The van der Waals surface area contributed by atoms with Gasteiger partial charge in [-0.05, 0) is 6.07 Å². The minimum atomic E-state index is -5.72. The maximum atomic E-state index is 12.0. The van der Waals surface area contributed by atoms with Crippen LogP contribution >= 0.6 is 23.5 Å². The number of nitrogens with two attached hydrogens (primary N) is 1. The largest absolute Gasteiger partial charge is 0.490 e. The molecule has 0 radical (unpaired) electrons. The van der Waals surface area contributed by atoms with E-state index in [0.717, 1.165) is 0 Å². The fourth-order valence-corrected chi connectivity index (χ4v) is 6.71. The number of fused-ring (bicyclic) bond motifs is 1. The summed E-state index contributed by atoms with van der Waals surface area (Å²) >= 11 is 0. The number of anilines is 1. The molecule has 3 heterocycles. The predicted octanol–water partition coefficient (Wildman–Crippen LogP) is 0.887. The summed E-state index contributed by atoms with van der Waals surface area (Å²) in [5, 5.41) is 21.6. The topological polar surface area (TPSA) is 311 Å². The summed E-state index contributed by atoms with van der Waals surface area (Å²) in [7, 11) is -16.7. The van der Waals surface area contributed by atoms with Crippen LogP contribution in [0.5, 0.6) is 5.88 Å². The lowest BCUT2D eigenvalue weighted by molar-refractivity contribution is -0.385. The number of nitro groups is 1. The van der Waals surface area contributed by atoms with E-state index < -0.39 is 53.4 Å². The summed E-state index contributed by atoms with van der Waals surface area (Å²) in [6, 6.07) is 5.89. The van der Waals surface area contributed by atoms with E-state index in [-0.39, 0.29) is 47.3 Å². The number of aromatic nitrogens is 4. The second-order valence-corrected chi connectivity index (χ2v) is 12.6. The second kappa shape index (κ2) is 11.8. The Bertz CT molecular complexity index is 1600. The fraction of sp³-hybridized carbons (Fsp3) is 0.353. The van der Waals surface area contributed by atoms with Crippen LogP contribution in [0.25, 0.3) is 11.2 Å². The van der Waals surface area contributed by atoms with Gasteiger partial charge in [0.15, 0.2) is 11.2 Å². The van der Waals surface area contributed by atoms with Gasteiger partial charge in [0.25, 0.3) is 5.69 Å². The van der Waals surface area contributed by atoms with Gasteiger partial charge in [-0.25, -0.2) is 18.7 Å². The molecule has 24 heteroatoms. The van der Waals surface area contributed by atoms with Crippen molar-refractivity contribution in [2.45, 2.75) is 31.5 Å². The summed E-state index contributed by atoms with van der Waals surface area (Å²) < 4.78 is 58.6. The Morgan fingerprint density at radius 3 is 2.51 bits per heavy atom. The van der Waals surface area contributed by atoms with Gasteiger partial charge in [-0.15, -0.1) is 0 Å². The maximum absolute atomic E-state index is 12.0. The third-order valence-corrected chi connectivity index (χ3v) is 9.09. The van der Waals surface area contributed by atoms with Gasteiger partial charge in [-0.1, -0.05) is 12.1 Å². The van der Waals surface area contributed by atoms with Crippen molar-refractivity contribution >= 4 is 46.3 Å². The minimum absolute atomic E-state index is 0.0841. The molecule has 224 valence electrons. The molecule has 1 aliphatic heterocycles. The molecule has 0 aliphatic carbocycles. The summed E-state index contributed by atoms with van der Waals surface area (Å²) in [4.78, 5) is 59.0. The van der Waals surface area contributed by atoms with Gasteiger partial charge >= 0.3 is 23.5 Å². The Balaban J connectivity index is 1.46. The Hall–Kier alpha value is -2.90. The number of hydrogen-bond acceptors (Lipinski definition) is 15. The van der Waals surface area contributed by atoms with Crippen LogP contribution < -0.4 is 10.5 Å². The molecule has 41 heavy (non-hydrogen) atoms. The van der Waals surface area contributed by atoms with Crippen molar-refractivity contribution in [1.82, 2.24) is 19.5 Å². The van der Waals surface area contributed by atoms with E-state index in [1.54, 1.807) is 6.07 Å². The van der Waals surface area contributed by atoms with E-state index >= 15 is 0 Å². The average molecular weight is 642 g/mol. The van der Waals surface area contributed by atoms with Crippen LogP contribution in [-0.4, -0.2) is 67.9 Å². The summed E-state index contributed by atoms with van der Waals surface area (Å²) in [6.45, 7) is -1.13. The minimum Gasteiger partial charge on any atom is -0.471 e. The number of hydrogen-bond donors (Lipinski definition) is 6. The van der Waals surface area contributed by atoms with Crippen molar-refractivity contribution in [3.8, 4) is 5.88 Å². The highest BCUT2D eigenvalue weighted by Crippen LogP contribution is 2.66. The normalized spacial score (nSPS) is 22.3. The van der Waals surface area contributed by atoms with E-state index in [1.807, 2.05) is 0 Å². The molecule has 0 spiro atoms. The van der Waals surface area contributed by atoms with Gasteiger partial charge in [0.2, 0.25) is 11.8 Å². The Labute approximate surface area is 228 Å². The molecule has 21 nitrogen and oxygen atoms in total. The molecule has 5 atom stereocenters. The van der Waals surface area contributed by atoms with Gasteiger partial charge in [-0.3, -0.25) is 19.2 Å². The highest BCUT2D eigenvalue weighted by atomic mass is 31.3. The van der Waals surface area contributed by atoms with Crippen LogP contribution in [-0.2, 0) is 38.2 Å². The molecule has 4 rings (SSSR count). The monoisotopic (exact) mass is 642 g/mol. The number of para-hydroxylation sites is 1. The summed E-state index contributed by atoms with van der Waals surface area (Å²) in [5.74, 6) is -0.355. The first-order valence-corrected chi connectivity index (χ1v) is 15.5. The van der Waals surface area contributed by atoms with Crippen molar-refractivity contribution in [1.29, 1.82) is 0 Å². The molecule has 1 aromatic carbocycles. The third-order valence-electron chi connectivity index (χ3n) is 5.29. The van der Waals surface area contributed by atoms with Crippen molar-refractivity contribution in [3.05, 3.63) is 46.3 Å². The van der Waals surface area contributed by atoms with E-state index in [9.17, 15) is 38.7 Å². The standard InChI is InChI=1S/C17H21N6O15P3/c18-17-20-15-14(16(21-17)34-6-9-3-1-2-4-10(9)23(25)26)19-8-22(15)13-5-11(24)12(36-13)7-35-40(30,31)38-41(32,33)37-39(27,28)29/h1-4,8,11-13,24H,5-7H2,(H,30,31)(H,32,33)(H2,18,20,21)(H2,27,28,29)/t11-,12-,13-/m1/s1. The molecular formula is C17H21N6O15P3. The molecule has 1 fully saturated rings. The number of nitrogens with zero attached hydrogens (tertiary/aromatic N) is 5. The average Bonchev–Trinajstić information content (AvgIpc) is 3.42. The zero-order valence-corrected chi connectivity index (χ0v) is 22.9. The Morgan fingerprint density at radius 1 is 1.12 bits per heavy atom. The van der Waals surface area contributed by atoms with Gasteiger partial charge < -0.3 is 39.9 Å². The van der Waals surface area contributed by atoms with Gasteiger partial charge in [0.1, 0.15) is 18.9 Å². The number of benzene rings is 1. The quantitative estimate of drug-likeness (QED) is 0.0907. The Kier molecular flexibility index (Phi) is 8.91. The fourth-order valence-electron chi connectivity index (χ4n) is 3.68. The molecular weight excluding hydrogens is 621 g/mol. The lowest BCUT2D eigenvalue weighted by atomic mass is 10.2. The highest BCUT2D eigenvalue weighted by molar-refractivity contribution is 7.66. The molecule has 2 unspecified atom stereocenters. The zero-order valence-electron chi connectivity index (χ0n) is 20.2. The van der Waals surface area contributed by atoms with Crippen LogP contribution in [0.4, 0.5) is 11.6 Å². The molecule has 7 N–H and O–H groups in total. The van der Waals surface area contributed by atoms with E-state index in [4.69, 9.17) is 25.0 Å². The first-order chi connectivity index (χ1) is 19.0. The molecule has 0 amide bonds. The van der Waals surface area contributed by atoms with Crippen molar-refractivity contribution in [2.24, 2.45) is 0 Å². The molecule has 2 aromatic heterocycles. The Morgan fingerprint density at radius 2 is 1.83 bits per heavy atom. The molecule has 1 aliphatic rings. The number of aliphatic hydroxyl groups excluding tert-OH is 1. The van der Waals surface area contributed by atoms with Crippen LogP contribution in [0.1, 0.15) is 18.2 Å². The molecule has 0 saturated carbocycles. The van der Waals surface area contributed by atoms with Crippen LogP contribution in [0, 0.1) is 10.1 Å². The van der Waals surface area contributed by atoms with E-state index in [1.165, 1.54) is 29.1 Å². The summed E-state index contributed by atoms with van der Waals surface area (Å²) in [6.07, 6.45) is -2.51. The number of aliphatic hydroxyl groups is 1. The zero-order chi connectivity index (χ0) is 30.2. The van der Waals surface area contributed by atoms with Crippen molar-refractivity contribution in [2.75, 3.05) is 12.3 Å². The SMILES string of the molecule is Nc1nc(OCc2ccccc2[N+](=O)[O-])c2ncn([C@H]3C[C@@H](O)[C@@H](COP(=O)(O)OP(=O)(O)OP(=O)(O)O)O3)c2n1. The number of rotatable bonds is 12. The first-order valence-electron chi connectivity index (χ1n) is 11.0. The van der Waals surface area contributed by atoms with Gasteiger partial charge in [-0.2, -0.15) is 18.6 Å². The smallest absolute Gasteiger partial charge is 0.471 e. The van der Waals surface area contributed by atoms with Crippen LogP contribution in [0.2, 0.25) is 0 Å². The number of nitro benzene ring substituents is 1. The van der Waals surface area contributed by atoms with Gasteiger partial charge in [0, 0.05) is 12.5 Å². The number of phosphoric ester groups is 1. The number of phosphoric acid groups is 3. The lowest BCUT2D eigenvalue weighted by Gasteiger charge is -2.19. The predicted molar refractivity (Wildman–Crippen MR) is 132 cm³/mol. The lowest BCUT2D eigenvalue weighted by Crippen LogP contribution is -2.26. The molecule has 3 aromatic rings. The van der Waals surface area contributed by atoms with Crippen molar-refractivity contribution < 1.29 is 65.9 Å². The first kappa shape index (κ1) is 31.0. The van der Waals surface area contributed by atoms with Gasteiger partial charge in [0.05, 0.1) is 29.5 Å². The number of ether oxygens (including phenoxy) is 2.